The third-order valence-electron chi connectivity index (χ3n) is 5.63. The predicted octanol–water partition coefficient (Wildman–Crippen LogP) is 3.46. The van der Waals surface area contributed by atoms with Gasteiger partial charge < -0.3 is 25.4 Å². The number of anilines is 2. The fraction of sp³-hybridized carbons (Fsp3) is 0.440. The number of sulfonamides is 1. The molecular formula is C25H33F3N4O6S. The standard InChI is InChI=1S/C23H32N4O4S.C2HF3O2/c1-4-17(3)25-23(28)21-16-18(6-11-22(21)27-14-12-24-13-15-27)26-32(29,30)20-9-7-19(8-10-20)31-5-2;3-2(4,5)1(6)7/h6-11,16-17,24,26H,4-5,12-15H2,1-3H3,(H,25,28);(H,6,7). The largest absolute Gasteiger partial charge is 0.494 e. The number of piperazine rings is 1. The van der Waals surface area contributed by atoms with Crippen molar-refractivity contribution in [2.24, 2.45) is 0 Å². The van der Waals surface area contributed by atoms with E-state index in [1.165, 1.54) is 12.1 Å². The molecule has 1 fully saturated rings. The van der Waals surface area contributed by atoms with Crippen LogP contribution in [0.1, 0.15) is 37.6 Å². The van der Waals surface area contributed by atoms with E-state index in [1.54, 1.807) is 24.3 Å². The number of nitrogens with zero attached hydrogens (tertiary/aromatic N) is 1. The minimum Gasteiger partial charge on any atom is -0.494 e. The van der Waals surface area contributed by atoms with Gasteiger partial charge in [-0.3, -0.25) is 9.52 Å². The number of amides is 1. The fourth-order valence-electron chi connectivity index (χ4n) is 3.46. The van der Waals surface area contributed by atoms with Crippen LogP contribution in [0.4, 0.5) is 24.5 Å². The van der Waals surface area contributed by atoms with Gasteiger partial charge in [-0.25, -0.2) is 13.2 Å². The van der Waals surface area contributed by atoms with Crippen LogP contribution < -0.4 is 25.0 Å². The van der Waals surface area contributed by atoms with Crippen LogP contribution in [-0.4, -0.2) is 70.4 Å². The van der Waals surface area contributed by atoms with E-state index < -0.39 is 22.2 Å². The maximum absolute atomic E-state index is 13.0. The number of carboxylic acids is 1. The highest BCUT2D eigenvalue weighted by Gasteiger charge is 2.38. The van der Waals surface area contributed by atoms with Crippen LogP contribution >= 0.6 is 0 Å². The Labute approximate surface area is 225 Å². The summed E-state index contributed by atoms with van der Waals surface area (Å²) < 4.78 is 65.5. The fourth-order valence-corrected chi connectivity index (χ4v) is 4.51. The van der Waals surface area contributed by atoms with Crippen molar-refractivity contribution >= 4 is 33.3 Å². The second-order valence-electron chi connectivity index (χ2n) is 8.56. The number of rotatable bonds is 9. The highest BCUT2D eigenvalue weighted by Crippen LogP contribution is 2.27. The first-order chi connectivity index (χ1) is 18.3. The molecule has 10 nitrogen and oxygen atoms in total. The molecule has 216 valence electrons. The Kier molecular flexibility index (Phi) is 11.4. The third kappa shape index (κ3) is 9.62. The van der Waals surface area contributed by atoms with Crippen molar-refractivity contribution in [1.82, 2.24) is 10.6 Å². The average molecular weight is 575 g/mol. The molecule has 1 atom stereocenters. The van der Waals surface area contributed by atoms with Gasteiger partial charge in [-0.05, 0) is 62.7 Å². The number of ether oxygens (including phenoxy) is 1. The normalized spacial score (nSPS) is 14.5. The van der Waals surface area contributed by atoms with Crippen molar-refractivity contribution < 1.29 is 41.0 Å². The summed E-state index contributed by atoms with van der Waals surface area (Å²) >= 11 is 0. The smallest absolute Gasteiger partial charge is 0.490 e. The molecule has 4 N–H and O–H groups in total. The number of carbonyl (C=O) groups is 2. The van der Waals surface area contributed by atoms with Gasteiger partial charge in [0.05, 0.1) is 17.1 Å². The summed E-state index contributed by atoms with van der Waals surface area (Å²) in [6.07, 6.45) is -4.28. The number of carboxylic acid groups (broad SMARTS) is 1. The van der Waals surface area contributed by atoms with Crippen LogP contribution in [0.2, 0.25) is 0 Å². The number of alkyl halides is 3. The maximum atomic E-state index is 13.0. The van der Waals surface area contributed by atoms with Crippen molar-refractivity contribution in [3.05, 3.63) is 48.0 Å². The highest BCUT2D eigenvalue weighted by atomic mass is 32.2. The number of hydrogen-bond donors (Lipinski definition) is 4. The molecule has 0 aliphatic carbocycles. The van der Waals surface area contributed by atoms with Gasteiger partial charge in [0.15, 0.2) is 0 Å². The molecule has 1 aliphatic rings. The predicted molar refractivity (Wildman–Crippen MR) is 141 cm³/mol. The summed E-state index contributed by atoms with van der Waals surface area (Å²) in [5, 5.41) is 13.4. The van der Waals surface area contributed by atoms with Gasteiger partial charge >= 0.3 is 12.1 Å². The zero-order valence-corrected chi connectivity index (χ0v) is 22.7. The minimum atomic E-state index is -5.08. The quantitative estimate of drug-likeness (QED) is 0.358. The van der Waals surface area contributed by atoms with E-state index in [4.69, 9.17) is 14.6 Å². The molecule has 0 spiro atoms. The van der Waals surface area contributed by atoms with Crippen LogP contribution in [0.5, 0.6) is 5.75 Å². The number of aliphatic carboxylic acids is 1. The molecule has 2 aromatic carbocycles. The van der Waals surface area contributed by atoms with Crippen LogP contribution in [0.25, 0.3) is 0 Å². The van der Waals surface area contributed by atoms with Crippen molar-refractivity contribution in [3.8, 4) is 5.75 Å². The van der Waals surface area contributed by atoms with E-state index in [0.29, 0.717) is 23.6 Å². The summed E-state index contributed by atoms with van der Waals surface area (Å²) in [7, 11) is -3.81. The molecule has 1 aliphatic heterocycles. The van der Waals surface area contributed by atoms with E-state index >= 15 is 0 Å². The van der Waals surface area contributed by atoms with Crippen LogP contribution in [0, 0.1) is 0 Å². The summed E-state index contributed by atoms with van der Waals surface area (Å²) in [6.45, 7) is 9.54. The second-order valence-corrected chi connectivity index (χ2v) is 10.2. The van der Waals surface area contributed by atoms with E-state index in [2.05, 4.69) is 20.3 Å². The Morgan fingerprint density at radius 1 is 1.10 bits per heavy atom. The highest BCUT2D eigenvalue weighted by molar-refractivity contribution is 7.92. The summed E-state index contributed by atoms with van der Waals surface area (Å²) in [4.78, 5) is 24.2. The number of halogens is 3. The molecule has 1 heterocycles. The lowest BCUT2D eigenvalue weighted by molar-refractivity contribution is -0.192. The van der Waals surface area contributed by atoms with Gasteiger partial charge in [0.25, 0.3) is 15.9 Å². The van der Waals surface area contributed by atoms with E-state index in [-0.39, 0.29) is 16.8 Å². The molecule has 0 aromatic heterocycles. The lowest BCUT2D eigenvalue weighted by atomic mass is 10.1. The maximum Gasteiger partial charge on any atom is 0.490 e. The lowest BCUT2D eigenvalue weighted by Crippen LogP contribution is -2.44. The molecule has 1 amide bonds. The van der Waals surface area contributed by atoms with Gasteiger partial charge in [0.2, 0.25) is 0 Å². The Morgan fingerprint density at radius 3 is 2.21 bits per heavy atom. The Bertz CT molecular complexity index is 1220. The SMILES string of the molecule is CCOc1ccc(S(=O)(=O)Nc2ccc(N3CCNCC3)c(C(=O)NC(C)CC)c2)cc1.O=C(O)C(F)(F)F. The zero-order chi connectivity index (χ0) is 29.2. The number of hydrogen-bond acceptors (Lipinski definition) is 7. The van der Waals surface area contributed by atoms with Gasteiger partial charge in [-0.1, -0.05) is 6.92 Å². The molecule has 0 bridgehead atoms. The molecule has 3 rings (SSSR count). The molecular weight excluding hydrogens is 541 g/mol. The first kappa shape index (κ1) is 31.7. The molecule has 0 saturated carbocycles. The number of benzene rings is 2. The molecule has 0 radical (unpaired) electrons. The number of nitrogens with one attached hydrogen (secondary N) is 3. The summed E-state index contributed by atoms with van der Waals surface area (Å²) in [5.41, 5.74) is 1.60. The molecule has 2 aromatic rings. The van der Waals surface area contributed by atoms with Crippen LogP contribution in [0.3, 0.4) is 0 Å². The van der Waals surface area contributed by atoms with Crippen LogP contribution in [0.15, 0.2) is 47.4 Å². The first-order valence-corrected chi connectivity index (χ1v) is 13.7. The monoisotopic (exact) mass is 574 g/mol. The van der Waals surface area contributed by atoms with Crippen molar-refractivity contribution in [2.45, 2.75) is 44.3 Å². The second kappa shape index (κ2) is 14.0. The molecule has 14 heteroatoms. The van der Waals surface area contributed by atoms with Crippen molar-refractivity contribution in [3.63, 3.8) is 0 Å². The summed E-state index contributed by atoms with van der Waals surface area (Å²) in [5.74, 6) is -2.36. The van der Waals surface area contributed by atoms with Gasteiger partial charge in [-0.2, -0.15) is 13.2 Å². The van der Waals surface area contributed by atoms with Crippen molar-refractivity contribution in [2.75, 3.05) is 42.4 Å². The van der Waals surface area contributed by atoms with E-state index in [9.17, 15) is 26.4 Å². The van der Waals surface area contributed by atoms with E-state index in [1.807, 2.05) is 26.8 Å². The molecule has 39 heavy (non-hydrogen) atoms. The minimum absolute atomic E-state index is 0.0163. The van der Waals surface area contributed by atoms with Gasteiger partial charge in [-0.15, -0.1) is 0 Å². The number of carbonyl (C=O) groups excluding carboxylic acids is 1. The zero-order valence-electron chi connectivity index (χ0n) is 21.8. The van der Waals surface area contributed by atoms with Crippen molar-refractivity contribution in [1.29, 1.82) is 0 Å². The Balaban J connectivity index is 0.000000673. The summed E-state index contributed by atoms with van der Waals surface area (Å²) in [6, 6.07) is 11.4. The average Bonchev–Trinajstić information content (AvgIpc) is 2.89. The first-order valence-electron chi connectivity index (χ1n) is 12.2. The Hall–Kier alpha value is -3.52. The van der Waals surface area contributed by atoms with Gasteiger partial charge in [0.1, 0.15) is 5.75 Å². The van der Waals surface area contributed by atoms with E-state index in [0.717, 1.165) is 38.3 Å². The van der Waals surface area contributed by atoms with Crippen LogP contribution in [-0.2, 0) is 14.8 Å². The topological polar surface area (TPSA) is 137 Å². The molecule has 1 unspecified atom stereocenters. The Morgan fingerprint density at radius 2 is 1.69 bits per heavy atom. The lowest BCUT2D eigenvalue weighted by Gasteiger charge is -2.31. The molecule has 1 saturated heterocycles. The third-order valence-corrected chi connectivity index (χ3v) is 7.03. The van der Waals surface area contributed by atoms with Gasteiger partial charge in [0, 0.05) is 43.6 Å².